The van der Waals surface area contributed by atoms with Crippen molar-refractivity contribution >= 4 is 11.8 Å². The Labute approximate surface area is 107 Å². The Hall–Kier alpha value is -2.10. The van der Waals surface area contributed by atoms with E-state index in [1.54, 1.807) is 6.20 Å². The molecule has 0 amide bonds. The van der Waals surface area contributed by atoms with E-state index in [0.29, 0.717) is 5.82 Å². The molecular formula is C14H18N4. The summed E-state index contributed by atoms with van der Waals surface area (Å²) in [6, 6.07) is 8.27. The molecule has 0 aliphatic rings. The van der Waals surface area contributed by atoms with Crippen LogP contribution in [0.2, 0.25) is 0 Å². The number of hydrogen-bond donors (Lipinski definition) is 2. The zero-order valence-electron chi connectivity index (χ0n) is 10.9. The highest BCUT2D eigenvalue weighted by Gasteiger charge is 2.13. The van der Waals surface area contributed by atoms with Crippen LogP contribution in [-0.2, 0) is 5.41 Å². The highest BCUT2D eigenvalue weighted by atomic mass is 15.0. The third kappa shape index (κ3) is 2.42. The highest BCUT2D eigenvalue weighted by Crippen LogP contribution is 2.28. The van der Waals surface area contributed by atoms with Crippen LogP contribution in [0.3, 0.4) is 0 Å². The first kappa shape index (κ1) is 12.4. The minimum atomic E-state index is 0.141. The van der Waals surface area contributed by atoms with Gasteiger partial charge >= 0.3 is 0 Å². The Morgan fingerprint density at radius 2 is 1.61 bits per heavy atom. The molecule has 0 atom stereocenters. The lowest BCUT2D eigenvalue weighted by atomic mass is 9.86. The molecule has 4 nitrogen and oxygen atoms in total. The molecule has 4 heteroatoms. The molecule has 0 fully saturated rings. The van der Waals surface area contributed by atoms with Gasteiger partial charge in [-0.15, -0.1) is 0 Å². The summed E-state index contributed by atoms with van der Waals surface area (Å²) in [5.74, 6) is 0.605. The number of rotatable bonds is 1. The first-order chi connectivity index (χ1) is 8.38. The summed E-state index contributed by atoms with van der Waals surface area (Å²) in [5.41, 5.74) is 14.6. The molecule has 94 valence electrons. The molecule has 0 aliphatic carbocycles. The summed E-state index contributed by atoms with van der Waals surface area (Å²) >= 11 is 0. The van der Waals surface area contributed by atoms with E-state index in [2.05, 4.69) is 42.9 Å². The van der Waals surface area contributed by atoms with Crippen LogP contribution in [0.4, 0.5) is 11.8 Å². The van der Waals surface area contributed by atoms with Crippen LogP contribution in [0.15, 0.2) is 30.5 Å². The number of aromatic nitrogens is 2. The maximum atomic E-state index is 5.85. The number of nitrogen functional groups attached to an aromatic ring is 2. The quantitative estimate of drug-likeness (QED) is 0.805. The van der Waals surface area contributed by atoms with Crippen LogP contribution in [-0.4, -0.2) is 9.97 Å². The molecule has 0 bridgehead atoms. The van der Waals surface area contributed by atoms with E-state index in [0.717, 1.165) is 11.1 Å². The normalized spacial score (nSPS) is 11.5. The lowest BCUT2D eigenvalue weighted by Gasteiger charge is -2.19. The summed E-state index contributed by atoms with van der Waals surface area (Å²) in [4.78, 5) is 7.94. The van der Waals surface area contributed by atoms with Gasteiger partial charge in [-0.2, -0.15) is 4.98 Å². The second-order valence-electron chi connectivity index (χ2n) is 5.35. The molecule has 1 aromatic heterocycles. The van der Waals surface area contributed by atoms with Crippen LogP contribution in [0, 0.1) is 0 Å². The standard InChI is InChI=1S/C14H18N4/c1-14(2,3)10-6-4-9(5-7-10)11-8-17-13(16)18-12(11)15/h4-8H,1-3H3,(H4,15,16,17,18). The molecule has 2 rings (SSSR count). The number of benzene rings is 1. The first-order valence-electron chi connectivity index (χ1n) is 5.87. The molecule has 0 radical (unpaired) electrons. The van der Waals surface area contributed by atoms with Gasteiger partial charge < -0.3 is 11.5 Å². The molecular weight excluding hydrogens is 224 g/mol. The fourth-order valence-corrected chi connectivity index (χ4v) is 1.78. The van der Waals surface area contributed by atoms with Crippen LogP contribution < -0.4 is 11.5 Å². The molecule has 0 saturated carbocycles. The smallest absolute Gasteiger partial charge is 0.221 e. The van der Waals surface area contributed by atoms with Crippen molar-refractivity contribution in [3.05, 3.63) is 36.0 Å². The molecule has 0 aliphatic heterocycles. The number of nitrogens with two attached hydrogens (primary N) is 2. The summed E-state index contributed by atoms with van der Waals surface area (Å²) < 4.78 is 0. The molecule has 2 aromatic rings. The molecule has 1 aromatic carbocycles. The van der Waals surface area contributed by atoms with E-state index in [9.17, 15) is 0 Å². The van der Waals surface area contributed by atoms with Gasteiger partial charge in [0, 0.05) is 11.8 Å². The largest absolute Gasteiger partial charge is 0.383 e. The summed E-state index contributed by atoms with van der Waals surface area (Å²) in [7, 11) is 0. The summed E-state index contributed by atoms with van der Waals surface area (Å²) in [6.07, 6.45) is 1.66. The van der Waals surface area contributed by atoms with E-state index in [1.807, 2.05) is 12.1 Å². The van der Waals surface area contributed by atoms with Gasteiger partial charge in [0.15, 0.2) is 0 Å². The Balaban J connectivity index is 2.41. The monoisotopic (exact) mass is 242 g/mol. The van der Waals surface area contributed by atoms with E-state index in [1.165, 1.54) is 5.56 Å². The van der Waals surface area contributed by atoms with Crippen LogP contribution >= 0.6 is 0 Å². The second kappa shape index (κ2) is 4.29. The van der Waals surface area contributed by atoms with E-state index < -0.39 is 0 Å². The maximum Gasteiger partial charge on any atom is 0.221 e. The van der Waals surface area contributed by atoms with Crippen molar-refractivity contribution in [2.45, 2.75) is 26.2 Å². The van der Waals surface area contributed by atoms with Crippen LogP contribution in [0.1, 0.15) is 26.3 Å². The summed E-state index contributed by atoms with van der Waals surface area (Å²) in [5, 5.41) is 0. The molecule has 0 spiro atoms. The van der Waals surface area contributed by atoms with Crippen LogP contribution in [0.5, 0.6) is 0 Å². The van der Waals surface area contributed by atoms with Gasteiger partial charge in [0.25, 0.3) is 0 Å². The lowest BCUT2D eigenvalue weighted by molar-refractivity contribution is 0.590. The lowest BCUT2D eigenvalue weighted by Crippen LogP contribution is -2.10. The van der Waals surface area contributed by atoms with E-state index in [4.69, 9.17) is 11.5 Å². The van der Waals surface area contributed by atoms with Crippen molar-refractivity contribution < 1.29 is 0 Å². The SMILES string of the molecule is CC(C)(C)c1ccc(-c2cnc(N)nc2N)cc1. The van der Waals surface area contributed by atoms with Crippen molar-refractivity contribution in [1.82, 2.24) is 9.97 Å². The predicted octanol–water partition coefficient (Wildman–Crippen LogP) is 2.61. The number of hydrogen-bond acceptors (Lipinski definition) is 4. The second-order valence-corrected chi connectivity index (χ2v) is 5.35. The first-order valence-corrected chi connectivity index (χ1v) is 5.87. The molecule has 1 heterocycles. The Morgan fingerprint density at radius 1 is 1.00 bits per heavy atom. The van der Waals surface area contributed by atoms with Gasteiger partial charge in [-0.3, -0.25) is 0 Å². The third-order valence-electron chi connectivity index (χ3n) is 2.90. The third-order valence-corrected chi connectivity index (χ3v) is 2.90. The molecule has 0 unspecified atom stereocenters. The van der Waals surface area contributed by atoms with Gasteiger partial charge in [0.1, 0.15) is 5.82 Å². The van der Waals surface area contributed by atoms with E-state index in [-0.39, 0.29) is 11.4 Å². The Kier molecular flexibility index (Phi) is 2.95. The fourth-order valence-electron chi connectivity index (χ4n) is 1.78. The van der Waals surface area contributed by atoms with Gasteiger partial charge in [0.2, 0.25) is 5.95 Å². The molecule has 4 N–H and O–H groups in total. The van der Waals surface area contributed by atoms with Crippen LogP contribution in [0.25, 0.3) is 11.1 Å². The van der Waals surface area contributed by atoms with Gasteiger partial charge in [0.05, 0.1) is 0 Å². The number of anilines is 2. The fraction of sp³-hybridized carbons (Fsp3) is 0.286. The predicted molar refractivity (Wildman–Crippen MR) is 75.0 cm³/mol. The van der Waals surface area contributed by atoms with Gasteiger partial charge in [-0.05, 0) is 16.5 Å². The zero-order valence-corrected chi connectivity index (χ0v) is 10.9. The van der Waals surface area contributed by atoms with Crippen molar-refractivity contribution in [3.8, 4) is 11.1 Å². The van der Waals surface area contributed by atoms with Crippen molar-refractivity contribution in [2.75, 3.05) is 11.5 Å². The minimum absolute atomic E-state index is 0.141. The average Bonchev–Trinajstić information content (AvgIpc) is 2.28. The minimum Gasteiger partial charge on any atom is -0.383 e. The number of nitrogens with zero attached hydrogens (tertiary/aromatic N) is 2. The average molecular weight is 242 g/mol. The Bertz CT molecular complexity index is 553. The van der Waals surface area contributed by atoms with Crippen molar-refractivity contribution in [1.29, 1.82) is 0 Å². The molecule has 18 heavy (non-hydrogen) atoms. The summed E-state index contributed by atoms with van der Waals surface area (Å²) in [6.45, 7) is 6.55. The van der Waals surface area contributed by atoms with Gasteiger partial charge in [-0.25, -0.2) is 4.98 Å². The van der Waals surface area contributed by atoms with Crippen molar-refractivity contribution in [2.24, 2.45) is 0 Å². The van der Waals surface area contributed by atoms with Crippen molar-refractivity contribution in [3.63, 3.8) is 0 Å². The van der Waals surface area contributed by atoms with Gasteiger partial charge in [-0.1, -0.05) is 45.0 Å². The topological polar surface area (TPSA) is 77.8 Å². The molecule has 0 saturated heterocycles. The van der Waals surface area contributed by atoms with E-state index >= 15 is 0 Å². The zero-order chi connectivity index (χ0) is 13.3. The Morgan fingerprint density at radius 3 is 2.11 bits per heavy atom. The maximum absolute atomic E-state index is 5.85. The highest BCUT2D eigenvalue weighted by molar-refractivity contribution is 5.73.